The molecule has 45 heavy (non-hydrogen) atoms. The molecule has 6 aromatic rings. The van der Waals surface area contributed by atoms with Crippen LogP contribution in [0.1, 0.15) is 36.8 Å². The lowest BCUT2D eigenvalue weighted by Gasteiger charge is -2.11. The van der Waals surface area contributed by atoms with Gasteiger partial charge in [-0.15, -0.1) is 0 Å². The van der Waals surface area contributed by atoms with E-state index < -0.39 is 15.8 Å². The smallest absolute Gasteiger partial charge is 0.209 e. The van der Waals surface area contributed by atoms with E-state index >= 15 is 0 Å². The fraction of sp³-hybridized carbons (Fsp3) is 0.281. The molecule has 230 valence electrons. The Morgan fingerprint density at radius 3 is 2.64 bits per heavy atom. The van der Waals surface area contributed by atoms with Gasteiger partial charge in [0.2, 0.25) is 10.0 Å². The van der Waals surface area contributed by atoms with E-state index in [1.54, 1.807) is 18.3 Å². The molecule has 5 heterocycles. The van der Waals surface area contributed by atoms with Crippen LogP contribution >= 0.6 is 0 Å². The molecule has 1 saturated carbocycles. The van der Waals surface area contributed by atoms with E-state index in [1.165, 1.54) is 37.8 Å². The second kappa shape index (κ2) is 12.1. The molecule has 1 fully saturated rings. The van der Waals surface area contributed by atoms with Gasteiger partial charge in [0.05, 0.1) is 17.5 Å². The third-order valence-electron chi connectivity index (χ3n) is 8.15. The number of imidazole rings is 1. The summed E-state index contributed by atoms with van der Waals surface area (Å²) >= 11 is 0. The first-order chi connectivity index (χ1) is 21.8. The third kappa shape index (κ3) is 6.46. The van der Waals surface area contributed by atoms with Gasteiger partial charge < -0.3 is 10.3 Å². The molecule has 1 aliphatic rings. The molecule has 1 aromatic carbocycles. The van der Waals surface area contributed by atoms with Crippen molar-refractivity contribution in [1.29, 1.82) is 0 Å². The summed E-state index contributed by atoms with van der Waals surface area (Å²) in [5, 5.41) is 11.1. The zero-order valence-corrected chi connectivity index (χ0v) is 25.5. The average molecular weight is 626 g/mol. The summed E-state index contributed by atoms with van der Waals surface area (Å²) in [7, 11) is -3.44. The SMILES string of the molecule is CS(=O)(=O)NCc1cc(F)cc(-c2ccnc3[nH]c(-c4n[nH]c5ccc(-c6cncc(CNCC7CCCC7)c6)nc45)nc23)c1. The molecule has 0 amide bonds. The Labute approximate surface area is 259 Å². The second-order valence-corrected chi connectivity index (χ2v) is 13.4. The maximum atomic E-state index is 14.6. The maximum Gasteiger partial charge on any atom is 0.209 e. The predicted molar refractivity (Wildman–Crippen MR) is 171 cm³/mol. The van der Waals surface area contributed by atoms with Crippen molar-refractivity contribution in [3.63, 3.8) is 0 Å². The largest absolute Gasteiger partial charge is 0.321 e. The summed E-state index contributed by atoms with van der Waals surface area (Å²) in [4.78, 5) is 21.9. The van der Waals surface area contributed by atoms with E-state index in [1.807, 2.05) is 24.5 Å². The summed E-state index contributed by atoms with van der Waals surface area (Å²) in [5.74, 6) is 0.737. The number of nitrogens with zero attached hydrogens (tertiary/aromatic N) is 5. The van der Waals surface area contributed by atoms with E-state index in [0.717, 1.165) is 47.6 Å². The highest BCUT2D eigenvalue weighted by molar-refractivity contribution is 7.88. The Hall–Kier alpha value is -4.59. The van der Waals surface area contributed by atoms with E-state index in [-0.39, 0.29) is 6.54 Å². The number of H-pyrrole nitrogens is 2. The Morgan fingerprint density at radius 1 is 0.956 bits per heavy atom. The zero-order chi connectivity index (χ0) is 31.0. The molecule has 1 aliphatic carbocycles. The fourth-order valence-corrected chi connectivity index (χ4v) is 6.39. The number of nitrogens with one attached hydrogen (secondary N) is 4. The lowest BCUT2D eigenvalue weighted by atomic mass is 10.0. The summed E-state index contributed by atoms with van der Waals surface area (Å²) in [5.41, 5.74) is 7.36. The molecule has 5 aromatic heterocycles. The Kier molecular flexibility index (Phi) is 7.81. The monoisotopic (exact) mass is 625 g/mol. The number of pyridine rings is 3. The Bertz CT molecular complexity index is 2120. The van der Waals surface area contributed by atoms with Crippen LogP contribution < -0.4 is 10.0 Å². The molecule has 0 atom stereocenters. The van der Waals surface area contributed by atoms with Gasteiger partial charge in [-0.25, -0.2) is 32.5 Å². The van der Waals surface area contributed by atoms with Gasteiger partial charge in [-0.05, 0) is 84.5 Å². The number of hydrogen-bond acceptors (Lipinski definition) is 8. The van der Waals surface area contributed by atoms with Crippen molar-refractivity contribution in [2.24, 2.45) is 5.92 Å². The van der Waals surface area contributed by atoms with Crippen LogP contribution in [-0.4, -0.2) is 56.3 Å². The van der Waals surface area contributed by atoms with E-state index in [9.17, 15) is 12.8 Å². The quantitative estimate of drug-likeness (QED) is 0.164. The van der Waals surface area contributed by atoms with Crippen LogP contribution in [0, 0.1) is 11.7 Å². The lowest BCUT2D eigenvalue weighted by molar-refractivity contribution is 0.489. The van der Waals surface area contributed by atoms with Gasteiger partial charge in [-0.3, -0.25) is 10.1 Å². The predicted octanol–water partition coefficient (Wildman–Crippen LogP) is 5.09. The minimum Gasteiger partial charge on any atom is -0.321 e. The molecule has 0 radical (unpaired) electrons. The zero-order valence-electron chi connectivity index (χ0n) is 24.6. The van der Waals surface area contributed by atoms with E-state index in [0.29, 0.717) is 44.9 Å². The van der Waals surface area contributed by atoms with Gasteiger partial charge in [-0.2, -0.15) is 5.10 Å². The first kappa shape index (κ1) is 29.1. The normalized spacial score (nSPS) is 14.2. The van der Waals surface area contributed by atoms with Crippen molar-refractivity contribution in [3.8, 4) is 33.9 Å². The molecule has 4 N–H and O–H groups in total. The van der Waals surface area contributed by atoms with Crippen molar-refractivity contribution in [2.45, 2.75) is 38.8 Å². The molecule has 7 rings (SSSR count). The van der Waals surface area contributed by atoms with Crippen LogP contribution in [0.4, 0.5) is 4.39 Å². The number of aromatic amines is 2. The van der Waals surface area contributed by atoms with Crippen molar-refractivity contribution >= 4 is 32.2 Å². The van der Waals surface area contributed by atoms with Gasteiger partial charge in [-0.1, -0.05) is 12.8 Å². The van der Waals surface area contributed by atoms with Gasteiger partial charge in [0.25, 0.3) is 0 Å². The van der Waals surface area contributed by atoms with Crippen LogP contribution in [0.15, 0.2) is 61.1 Å². The summed E-state index contributed by atoms with van der Waals surface area (Å²) in [6.07, 6.45) is 11.6. The molecule has 11 nitrogen and oxygen atoms in total. The van der Waals surface area contributed by atoms with Crippen LogP contribution in [0.25, 0.3) is 56.1 Å². The van der Waals surface area contributed by atoms with Gasteiger partial charge in [0.1, 0.15) is 16.9 Å². The highest BCUT2D eigenvalue weighted by Gasteiger charge is 2.19. The van der Waals surface area contributed by atoms with Crippen LogP contribution in [0.3, 0.4) is 0 Å². The number of aromatic nitrogens is 7. The molecule has 0 saturated heterocycles. The second-order valence-electron chi connectivity index (χ2n) is 11.6. The number of sulfonamides is 1. The number of rotatable bonds is 10. The van der Waals surface area contributed by atoms with Crippen molar-refractivity contribution < 1.29 is 12.8 Å². The Morgan fingerprint density at radius 2 is 1.80 bits per heavy atom. The molecule has 0 aliphatic heterocycles. The Balaban J connectivity index is 1.19. The summed E-state index contributed by atoms with van der Waals surface area (Å²) in [6.45, 7) is 1.75. The fourth-order valence-electron chi connectivity index (χ4n) is 5.96. The molecule has 0 spiro atoms. The van der Waals surface area contributed by atoms with E-state index in [2.05, 4.69) is 41.3 Å². The first-order valence-electron chi connectivity index (χ1n) is 14.9. The number of benzene rings is 1. The summed E-state index contributed by atoms with van der Waals surface area (Å²) in [6, 6.07) is 12.1. The van der Waals surface area contributed by atoms with Gasteiger partial charge in [0, 0.05) is 42.8 Å². The number of halogens is 1. The lowest BCUT2D eigenvalue weighted by Crippen LogP contribution is -2.21. The molecule has 0 unspecified atom stereocenters. The number of hydrogen-bond donors (Lipinski definition) is 4. The van der Waals surface area contributed by atoms with Crippen LogP contribution in [0.2, 0.25) is 0 Å². The molecule has 13 heteroatoms. The molecular formula is C32H32FN9O2S. The number of fused-ring (bicyclic) bond motifs is 2. The topological polar surface area (TPSA) is 154 Å². The van der Waals surface area contributed by atoms with Crippen LogP contribution in [0.5, 0.6) is 0 Å². The average Bonchev–Trinajstić information content (AvgIpc) is 3.79. The molecular weight excluding hydrogens is 593 g/mol. The molecule has 0 bridgehead atoms. The first-order valence-corrected chi connectivity index (χ1v) is 16.8. The van der Waals surface area contributed by atoms with Crippen molar-refractivity contribution in [2.75, 3.05) is 12.8 Å². The van der Waals surface area contributed by atoms with E-state index in [4.69, 9.17) is 9.97 Å². The highest BCUT2D eigenvalue weighted by Crippen LogP contribution is 2.32. The maximum absolute atomic E-state index is 14.6. The van der Waals surface area contributed by atoms with Crippen molar-refractivity contribution in [1.82, 2.24) is 45.2 Å². The third-order valence-corrected chi connectivity index (χ3v) is 8.82. The van der Waals surface area contributed by atoms with Crippen molar-refractivity contribution in [3.05, 3.63) is 78.0 Å². The highest BCUT2D eigenvalue weighted by atomic mass is 32.2. The summed E-state index contributed by atoms with van der Waals surface area (Å²) < 4.78 is 40.2. The van der Waals surface area contributed by atoms with Gasteiger partial charge >= 0.3 is 0 Å². The van der Waals surface area contributed by atoms with Crippen LogP contribution in [-0.2, 0) is 23.1 Å². The minimum atomic E-state index is -3.44. The standard InChI is InChI=1S/C32H32FN9O2S/c1-45(43,44)37-17-20-10-22(13-24(33)12-20)25-8-9-36-31-28(25)39-32(40-31)30-29-27(41-42-30)7-6-26(38-29)23-11-21(16-35-18-23)15-34-14-19-4-2-3-5-19/h6-13,16,18-19,34,37H,2-5,14-15,17H2,1H3,(H,41,42)(H,36,39,40). The van der Waals surface area contributed by atoms with Gasteiger partial charge in [0.15, 0.2) is 17.2 Å². The minimum absolute atomic E-state index is 0.0354.